The number of carbonyl (C=O) groups is 1. The zero-order chi connectivity index (χ0) is 20.9. The van der Waals surface area contributed by atoms with E-state index in [1.165, 1.54) is 0 Å². The molecule has 6 nitrogen and oxygen atoms in total. The zero-order valence-corrected chi connectivity index (χ0v) is 17.4. The van der Waals surface area contributed by atoms with Crippen molar-refractivity contribution in [3.05, 3.63) is 89.2 Å². The highest BCUT2D eigenvalue weighted by atomic mass is 32.2. The van der Waals surface area contributed by atoms with Crippen molar-refractivity contribution in [2.45, 2.75) is 20.4 Å². The summed E-state index contributed by atoms with van der Waals surface area (Å²) in [5.74, 6) is -0.471. The number of nitrogens with one attached hydrogen (secondary N) is 2. The van der Waals surface area contributed by atoms with Crippen LogP contribution >= 0.6 is 0 Å². The Morgan fingerprint density at radius 2 is 1.52 bits per heavy atom. The van der Waals surface area contributed by atoms with Gasteiger partial charge in [0, 0.05) is 35.7 Å². The first-order chi connectivity index (χ1) is 13.9. The molecular weight excluding hydrogens is 386 g/mol. The standard InChI is InChI=1S/C22H25N3O3S/c1-17-8-9-18(2)25(17)21-12-10-20(11-13-21)22(26)23-14-15-29(27,28)24-16-19-6-4-3-5-7-19/h3-13,24H,14-16H2,1-2H3,(H,23,26). The quantitative estimate of drug-likeness (QED) is 0.598. The summed E-state index contributed by atoms with van der Waals surface area (Å²) in [5.41, 5.74) is 4.59. The SMILES string of the molecule is Cc1ccc(C)n1-c1ccc(C(=O)NCCS(=O)(=O)NCc2ccccc2)cc1. The topological polar surface area (TPSA) is 80.2 Å². The molecule has 0 aliphatic rings. The highest BCUT2D eigenvalue weighted by Gasteiger charge is 2.12. The number of hydrogen-bond acceptors (Lipinski definition) is 3. The van der Waals surface area contributed by atoms with Crippen LogP contribution in [-0.2, 0) is 16.6 Å². The van der Waals surface area contributed by atoms with E-state index in [0.29, 0.717) is 5.56 Å². The number of rotatable bonds is 8. The van der Waals surface area contributed by atoms with Crippen LogP contribution in [0.3, 0.4) is 0 Å². The van der Waals surface area contributed by atoms with Crippen LogP contribution in [0.15, 0.2) is 66.7 Å². The maximum atomic E-state index is 12.3. The van der Waals surface area contributed by atoms with Gasteiger partial charge in [0.25, 0.3) is 5.91 Å². The van der Waals surface area contributed by atoms with Gasteiger partial charge in [-0.25, -0.2) is 13.1 Å². The van der Waals surface area contributed by atoms with E-state index in [-0.39, 0.29) is 24.7 Å². The van der Waals surface area contributed by atoms with Gasteiger partial charge >= 0.3 is 0 Å². The van der Waals surface area contributed by atoms with Crippen molar-refractivity contribution in [1.29, 1.82) is 0 Å². The number of aryl methyl sites for hydroxylation is 2. The van der Waals surface area contributed by atoms with Crippen LogP contribution in [-0.4, -0.2) is 31.2 Å². The van der Waals surface area contributed by atoms with Crippen molar-refractivity contribution in [2.24, 2.45) is 0 Å². The van der Waals surface area contributed by atoms with E-state index < -0.39 is 10.0 Å². The third kappa shape index (κ3) is 5.56. The highest BCUT2D eigenvalue weighted by molar-refractivity contribution is 7.89. The lowest BCUT2D eigenvalue weighted by Crippen LogP contribution is -2.34. The van der Waals surface area contributed by atoms with E-state index in [2.05, 4.69) is 14.6 Å². The Morgan fingerprint density at radius 1 is 0.897 bits per heavy atom. The highest BCUT2D eigenvalue weighted by Crippen LogP contribution is 2.16. The van der Waals surface area contributed by atoms with E-state index in [0.717, 1.165) is 22.6 Å². The number of hydrogen-bond donors (Lipinski definition) is 2. The summed E-state index contributed by atoms with van der Waals surface area (Å²) in [5, 5.41) is 2.67. The van der Waals surface area contributed by atoms with E-state index in [4.69, 9.17) is 0 Å². The van der Waals surface area contributed by atoms with Crippen LogP contribution in [0.1, 0.15) is 27.3 Å². The van der Waals surface area contributed by atoms with E-state index >= 15 is 0 Å². The van der Waals surface area contributed by atoms with Gasteiger partial charge in [0.1, 0.15) is 0 Å². The molecule has 0 radical (unpaired) electrons. The minimum Gasteiger partial charge on any atom is -0.351 e. The van der Waals surface area contributed by atoms with Crippen LogP contribution in [0.5, 0.6) is 0 Å². The second-order valence-corrected chi connectivity index (χ2v) is 8.81. The average Bonchev–Trinajstić information content (AvgIpc) is 3.05. The number of carbonyl (C=O) groups excluding carboxylic acids is 1. The Labute approximate surface area is 171 Å². The van der Waals surface area contributed by atoms with E-state index in [1.807, 2.05) is 68.4 Å². The predicted octanol–water partition coefficient (Wildman–Crippen LogP) is 2.94. The Balaban J connectivity index is 1.51. The van der Waals surface area contributed by atoms with Crippen molar-refractivity contribution >= 4 is 15.9 Å². The molecule has 0 aliphatic carbocycles. The normalized spacial score (nSPS) is 11.4. The molecule has 2 N–H and O–H groups in total. The van der Waals surface area contributed by atoms with Gasteiger partial charge in [-0.15, -0.1) is 0 Å². The molecule has 1 heterocycles. The van der Waals surface area contributed by atoms with Crippen LogP contribution in [0.2, 0.25) is 0 Å². The van der Waals surface area contributed by atoms with Crippen LogP contribution < -0.4 is 10.0 Å². The van der Waals surface area contributed by atoms with Crippen molar-refractivity contribution in [3.8, 4) is 5.69 Å². The minimum absolute atomic E-state index is 0.0422. The fraction of sp³-hybridized carbons (Fsp3) is 0.227. The third-order valence-electron chi connectivity index (χ3n) is 4.65. The summed E-state index contributed by atoms with van der Waals surface area (Å²) in [7, 11) is -3.47. The maximum Gasteiger partial charge on any atom is 0.251 e. The van der Waals surface area contributed by atoms with Gasteiger partial charge in [-0.2, -0.15) is 0 Å². The first-order valence-electron chi connectivity index (χ1n) is 9.40. The number of sulfonamides is 1. The minimum atomic E-state index is -3.47. The van der Waals surface area contributed by atoms with Crippen molar-refractivity contribution in [3.63, 3.8) is 0 Å². The summed E-state index contributed by atoms with van der Waals surface area (Å²) in [6, 6.07) is 20.6. The molecule has 0 saturated carbocycles. The summed E-state index contributed by atoms with van der Waals surface area (Å²) < 4.78 is 28.8. The molecule has 0 saturated heterocycles. The van der Waals surface area contributed by atoms with Gasteiger partial charge in [-0.1, -0.05) is 30.3 Å². The molecule has 0 bridgehead atoms. The summed E-state index contributed by atoms with van der Waals surface area (Å²) in [6.45, 7) is 4.33. The first kappa shape index (κ1) is 20.8. The van der Waals surface area contributed by atoms with Gasteiger partial charge < -0.3 is 9.88 Å². The van der Waals surface area contributed by atoms with Gasteiger partial charge in [0.15, 0.2) is 0 Å². The lowest BCUT2D eigenvalue weighted by Gasteiger charge is -2.11. The molecule has 3 aromatic rings. The number of nitrogens with zero attached hydrogens (tertiary/aromatic N) is 1. The Hall–Kier alpha value is -2.90. The van der Waals surface area contributed by atoms with Crippen LogP contribution in [0.4, 0.5) is 0 Å². The van der Waals surface area contributed by atoms with Crippen LogP contribution in [0.25, 0.3) is 5.69 Å². The smallest absolute Gasteiger partial charge is 0.251 e. The summed E-state index contributed by atoms with van der Waals surface area (Å²) in [4.78, 5) is 12.3. The predicted molar refractivity (Wildman–Crippen MR) is 115 cm³/mol. The summed E-state index contributed by atoms with van der Waals surface area (Å²) in [6.07, 6.45) is 0. The number of benzene rings is 2. The van der Waals surface area contributed by atoms with Gasteiger partial charge in [0.2, 0.25) is 10.0 Å². The third-order valence-corrected chi connectivity index (χ3v) is 5.98. The molecule has 0 unspecified atom stereocenters. The Kier molecular flexibility index (Phi) is 6.51. The van der Waals surface area contributed by atoms with Gasteiger partial charge in [-0.3, -0.25) is 4.79 Å². The second kappa shape index (κ2) is 9.07. The monoisotopic (exact) mass is 411 g/mol. The Bertz CT molecular complexity index is 1050. The molecule has 0 spiro atoms. The maximum absolute atomic E-state index is 12.3. The Morgan fingerprint density at radius 3 is 2.14 bits per heavy atom. The fourth-order valence-electron chi connectivity index (χ4n) is 3.10. The first-order valence-corrected chi connectivity index (χ1v) is 11.1. The molecule has 1 amide bonds. The molecular formula is C22H25N3O3S. The molecule has 0 fully saturated rings. The molecule has 0 aliphatic heterocycles. The number of amides is 1. The largest absolute Gasteiger partial charge is 0.351 e. The molecule has 152 valence electrons. The molecule has 0 atom stereocenters. The molecule has 29 heavy (non-hydrogen) atoms. The molecule has 3 rings (SSSR count). The van der Waals surface area contributed by atoms with Crippen LogP contribution in [0, 0.1) is 13.8 Å². The van der Waals surface area contributed by atoms with Gasteiger partial charge in [-0.05, 0) is 55.8 Å². The number of aromatic nitrogens is 1. The zero-order valence-electron chi connectivity index (χ0n) is 16.6. The lowest BCUT2D eigenvalue weighted by molar-refractivity contribution is 0.0956. The van der Waals surface area contributed by atoms with Crippen molar-refractivity contribution < 1.29 is 13.2 Å². The van der Waals surface area contributed by atoms with E-state index in [1.54, 1.807) is 12.1 Å². The van der Waals surface area contributed by atoms with E-state index in [9.17, 15) is 13.2 Å². The lowest BCUT2D eigenvalue weighted by atomic mass is 10.2. The summed E-state index contributed by atoms with van der Waals surface area (Å²) >= 11 is 0. The van der Waals surface area contributed by atoms with Crippen molar-refractivity contribution in [2.75, 3.05) is 12.3 Å². The average molecular weight is 412 g/mol. The molecule has 7 heteroatoms. The van der Waals surface area contributed by atoms with Gasteiger partial charge in [0.05, 0.1) is 5.75 Å². The van der Waals surface area contributed by atoms with Crippen molar-refractivity contribution in [1.82, 2.24) is 14.6 Å². The fourth-order valence-corrected chi connectivity index (χ4v) is 4.00. The molecule has 1 aromatic heterocycles. The second-order valence-electron chi connectivity index (χ2n) is 6.88. The molecule has 2 aromatic carbocycles.